The van der Waals surface area contributed by atoms with E-state index in [-0.39, 0.29) is 0 Å². The minimum Gasteiger partial charge on any atom is -0.251 e. The lowest BCUT2D eigenvalue weighted by Crippen LogP contribution is -1.91. The molecule has 4 heterocycles. The molecule has 18 aromatic carbocycles. The van der Waals surface area contributed by atoms with Gasteiger partial charge in [0.15, 0.2) is 0 Å². The standard InChI is InChI=1S/2C22H18.5C14H14.C12H12N2.C10H10S2/c1-15-19-9-5-3-7-17(19)11-13-21(15)22-14-12-18-8-4-6-10-20(18)16(22)2;1-15-11-13-17-7-3-5-9-19(17)21(15)22-16(2)12-14-18-8-4-6-10-20(18)22;1-11-3-7-13(8-4-11)14-9-5-12(2)6-10-14;1-11-5-3-7-13(9-11)14-8-4-6-12(2)10-14;1-11-7-3-5-9-13(11)14-10-6-4-8-12(14)2;1-11-6-8-13(9-7-11)14-5-3-4-12(2)10-14;1-11-7-9-13(10-8-11)14-6-4-3-5-12(14)2;1-9-5-3-7-11(13-9)12-8-4-6-10(2)14-12;1-7-3-5-9(11-7)10-6-4-8(2)12-10/h2*3-14H,1-2H3;5*3-10H,1-2H3;3-8H,1-2H3;3-6H,1-2H3. The molecule has 22 rings (SSSR count). The summed E-state index contributed by atoms with van der Waals surface area (Å²) in [6, 6.07) is 159. The van der Waals surface area contributed by atoms with Gasteiger partial charge in [-0.2, -0.15) is 0 Å². The van der Waals surface area contributed by atoms with E-state index in [1.54, 1.807) is 0 Å². The van der Waals surface area contributed by atoms with E-state index in [1.165, 1.54) is 218 Å². The summed E-state index contributed by atoms with van der Waals surface area (Å²) in [6.07, 6.45) is 0. The smallest absolute Gasteiger partial charge is 0.0889 e. The number of aromatic nitrogens is 2. The van der Waals surface area contributed by atoms with Crippen LogP contribution in [-0.4, -0.2) is 9.97 Å². The molecule has 0 saturated carbocycles. The Balaban J connectivity index is 0.000000126. The maximum absolute atomic E-state index is 4.42. The van der Waals surface area contributed by atoms with Crippen molar-refractivity contribution in [3.8, 4) is 99.0 Å². The highest BCUT2D eigenvalue weighted by atomic mass is 32.1. The molecule has 0 bridgehead atoms. The molecule has 4 heteroatoms. The third-order valence-corrected chi connectivity index (χ3v) is 27.5. The maximum atomic E-state index is 4.42. The molecule has 22 aromatic rings. The molecule has 0 spiro atoms. The molecule has 0 unspecified atom stereocenters. The average molecular weight is 1850 g/mol. The SMILES string of the molecule is Cc1c(-c2ccc3ccccc3c2C)ccc2ccccc12.Cc1ccc(-c2ccc(C)cc2)cc1.Cc1ccc(-c2ccc(C)s2)s1.Cc1ccc(-c2cccc(C)c2)cc1.Cc1ccc(-c2ccccc2C)cc1.Cc1ccc2ccccc2c1-c1c(C)ccc2ccccc12.Cc1cccc(-c2cccc(C)c2)c1.Cc1cccc(-c2cccc(C)n2)n1.Cc1ccccc1-c1ccccc1C. The summed E-state index contributed by atoms with van der Waals surface area (Å²) < 4.78 is 0. The summed E-state index contributed by atoms with van der Waals surface area (Å²) >= 11 is 3.73. The number of thiophene rings is 2. The van der Waals surface area contributed by atoms with Gasteiger partial charge in [-0.15, -0.1) is 22.7 Å². The lowest BCUT2D eigenvalue weighted by Gasteiger charge is -2.16. The normalized spacial score (nSPS) is 10.5. The van der Waals surface area contributed by atoms with E-state index in [1.807, 2.05) is 72.9 Å². The first-order valence-electron chi connectivity index (χ1n) is 48.5. The number of nitrogens with zero attached hydrogens (tertiary/aromatic N) is 2. The molecule has 0 amide bonds. The van der Waals surface area contributed by atoms with E-state index in [2.05, 4.69) is 533 Å². The van der Waals surface area contributed by atoms with Gasteiger partial charge >= 0.3 is 0 Å². The lowest BCUT2D eigenvalue weighted by atomic mass is 9.88. The second kappa shape index (κ2) is 49.1. The summed E-state index contributed by atoms with van der Waals surface area (Å²) in [5.41, 5.74) is 40.9. The van der Waals surface area contributed by atoms with Crippen molar-refractivity contribution < 1.29 is 0 Å². The van der Waals surface area contributed by atoms with Crippen molar-refractivity contribution in [2.24, 2.45) is 0 Å². The number of pyridine rings is 2. The number of fused-ring (bicyclic) bond motifs is 4. The predicted octanol–water partition coefficient (Wildman–Crippen LogP) is 39.3. The molecule has 694 valence electrons. The Morgan fingerprint density at radius 3 is 0.764 bits per heavy atom. The Hall–Kier alpha value is -15.3. The summed E-state index contributed by atoms with van der Waals surface area (Å²) in [6.45, 7) is 38.4. The highest BCUT2D eigenvalue weighted by Gasteiger charge is 2.16. The van der Waals surface area contributed by atoms with Gasteiger partial charge in [0.05, 0.1) is 11.4 Å². The number of hydrogen-bond acceptors (Lipinski definition) is 4. The van der Waals surface area contributed by atoms with Crippen molar-refractivity contribution in [2.45, 2.75) is 125 Å². The predicted molar refractivity (Wildman–Crippen MR) is 614 cm³/mol. The third kappa shape index (κ3) is 27.4. The first-order valence-corrected chi connectivity index (χ1v) is 50.1. The van der Waals surface area contributed by atoms with Gasteiger partial charge in [0.2, 0.25) is 0 Å². The zero-order chi connectivity index (χ0) is 98.6. The number of aryl methyl sites for hydroxylation is 18. The van der Waals surface area contributed by atoms with Crippen LogP contribution in [0.5, 0.6) is 0 Å². The fourth-order valence-electron chi connectivity index (χ4n) is 17.5. The minimum absolute atomic E-state index is 0.939. The van der Waals surface area contributed by atoms with E-state index in [4.69, 9.17) is 0 Å². The first kappa shape index (κ1) is 101. The van der Waals surface area contributed by atoms with Crippen LogP contribution in [0.1, 0.15) is 99.0 Å². The fourth-order valence-corrected chi connectivity index (χ4v) is 19.3. The largest absolute Gasteiger partial charge is 0.251 e. The van der Waals surface area contributed by atoms with Crippen LogP contribution in [0.2, 0.25) is 0 Å². The molecule has 0 aliphatic rings. The molecule has 0 aliphatic carbocycles. The zero-order valence-corrected chi connectivity index (χ0v) is 86.1. The average Bonchev–Trinajstić information content (AvgIpc) is 0.783. The lowest BCUT2D eigenvalue weighted by molar-refractivity contribution is 1.15. The van der Waals surface area contributed by atoms with Gasteiger partial charge in [0.25, 0.3) is 0 Å². The molecular weight excluding hydrogens is 1730 g/mol. The van der Waals surface area contributed by atoms with Crippen molar-refractivity contribution in [1.82, 2.24) is 9.97 Å². The van der Waals surface area contributed by atoms with Crippen molar-refractivity contribution in [1.29, 1.82) is 0 Å². The quantitative estimate of drug-likeness (QED) is 0.144. The molecule has 4 aromatic heterocycles. The van der Waals surface area contributed by atoms with Crippen LogP contribution >= 0.6 is 22.7 Å². The van der Waals surface area contributed by atoms with Crippen LogP contribution in [0.4, 0.5) is 0 Å². The van der Waals surface area contributed by atoms with Crippen molar-refractivity contribution in [3.05, 3.63) is 548 Å². The van der Waals surface area contributed by atoms with Gasteiger partial charge < -0.3 is 0 Å². The molecule has 0 saturated heterocycles. The molecule has 140 heavy (non-hydrogen) atoms. The second-order valence-corrected chi connectivity index (χ2v) is 39.1. The molecule has 2 nitrogen and oxygen atoms in total. The maximum Gasteiger partial charge on any atom is 0.0889 e. The van der Waals surface area contributed by atoms with Crippen LogP contribution < -0.4 is 0 Å². The van der Waals surface area contributed by atoms with Crippen LogP contribution in [0.3, 0.4) is 0 Å². The fraction of sp³-hybridized carbons (Fsp3) is 0.132. The Labute approximate surface area is 840 Å². The van der Waals surface area contributed by atoms with Crippen molar-refractivity contribution in [3.63, 3.8) is 0 Å². The van der Waals surface area contributed by atoms with Crippen molar-refractivity contribution in [2.75, 3.05) is 0 Å². The third-order valence-electron chi connectivity index (χ3n) is 25.3. The van der Waals surface area contributed by atoms with Crippen molar-refractivity contribution >= 4 is 65.8 Å². The van der Waals surface area contributed by atoms with E-state index < -0.39 is 0 Å². The molecule has 0 fully saturated rings. The highest BCUT2D eigenvalue weighted by Crippen LogP contribution is 2.41. The monoisotopic (exact) mass is 1850 g/mol. The Morgan fingerprint density at radius 1 is 0.164 bits per heavy atom. The Bertz CT molecular complexity index is 7390. The number of hydrogen-bond donors (Lipinski definition) is 0. The topological polar surface area (TPSA) is 25.8 Å². The minimum atomic E-state index is 0.939. The first-order chi connectivity index (χ1) is 67.8. The molecule has 0 atom stereocenters. The van der Waals surface area contributed by atoms with Gasteiger partial charge in [-0.05, 0) is 333 Å². The van der Waals surface area contributed by atoms with Gasteiger partial charge in [-0.1, -0.05) is 439 Å². The molecule has 0 aliphatic heterocycles. The van der Waals surface area contributed by atoms with Crippen LogP contribution in [0.15, 0.2) is 449 Å². The highest BCUT2D eigenvalue weighted by molar-refractivity contribution is 7.22. The summed E-state index contributed by atoms with van der Waals surface area (Å²) in [4.78, 5) is 14.4. The van der Waals surface area contributed by atoms with Crippen LogP contribution in [0.25, 0.3) is 142 Å². The summed E-state index contributed by atoms with van der Waals surface area (Å²) in [5, 5.41) is 10.6. The van der Waals surface area contributed by atoms with Gasteiger partial charge in [0.1, 0.15) is 0 Å². The molecular formula is C136H128N2S2. The van der Waals surface area contributed by atoms with E-state index >= 15 is 0 Å². The Kier molecular flexibility index (Phi) is 35.3. The number of benzene rings is 18. The zero-order valence-electron chi connectivity index (χ0n) is 84.4. The van der Waals surface area contributed by atoms with Crippen LogP contribution in [-0.2, 0) is 0 Å². The van der Waals surface area contributed by atoms with E-state index in [0.717, 1.165) is 22.8 Å². The van der Waals surface area contributed by atoms with Gasteiger partial charge in [-0.3, -0.25) is 9.97 Å². The molecule has 0 N–H and O–H groups in total. The van der Waals surface area contributed by atoms with Gasteiger partial charge in [0, 0.05) is 30.9 Å². The van der Waals surface area contributed by atoms with E-state index in [0.29, 0.717) is 0 Å². The molecule has 0 radical (unpaired) electrons. The number of rotatable bonds is 9. The summed E-state index contributed by atoms with van der Waals surface area (Å²) in [5.74, 6) is 0. The van der Waals surface area contributed by atoms with Crippen LogP contribution in [0, 0.1) is 125 Å². The van der Waals surface area contributed by atoms with Gasteiger partial charge in [-0.25, -0.2) is 0 Å². The van der Waals surface area contributed by atoms with E-state index in [9.17, 15) is 0 Å². The Morgan fingerprint density at radius 2 is 0.443 bits per heavy atom. The summed E-state index contributed by atoms with van der Waals surface area (Å²) in [7, 11) is 0. The second-order valence-electron chi connectivity index (χ2n) is 36.5.